The molecule has 2 aromatic carbocycles. The molecule has 0 spiro atoms. The van der Waals surface area contributed by atoms with E-state index in [2.05, 4.69) is 26.2 Å². The highest BCUT2D eigenvalue weighted by atomic mass is 79.9. The van der Waals surface area contributed by atoms with E-state index < -0.39 is 0 Å². The van der Waals surface area contributed by atoms with Crippen LogP contribution < -0.4 is 14.8 Å². The summed E-state index contributed by atoms with van der Waals surface area (Å²) in [6.45, 7) is 1.90. The number of hydrogen-bond acceptors (Lipinski definition) is 6. The Morgan fingerprint density at radius 2 is 2.18 bits per heavy atom. The van der Waals surface area contributed by atoms with Crippen LogP contribution in [0.1, 0.15) is 11.1 Å². The van der Waals surface area contributed by atoms with Crippen molar-refractivity contribution in [1.82, 2.24) is 5.32 Å². The predicted molar refractivity (Wildman–Crippen MR) is 114 cm³/mol. The van der Waals surface area contributed by atoms with Gasteiger partial charge in [0.1, 0.15) is 6.07 Å². The molecule has 3 rings (SSSR count). The van der Waals surface area contributed by atoms with E-state index in [-0.39, 0.29) is 12.5 Å². The molecular formula is C20H16BrN3O3S. The Kier molecular flexibility index (Phi) is 6.39. The SMILES string of the molecule is COc1cc(/C=C2\SC(=Nc3cccc(C)c3)NC2=O)cc(Br)c1OCC#N. The van der Waals surface area contributed by atoms with Gasteiger partial charge in [0.2, 0.25) is 0 Å². The monoisotopic (exact) mass is 457 g/mol. The zero-order valence-corrected chi connectivity index (χ0v) is 17.6. The fourth-order valence-electron chi connectivity index (χ4n) is 2.51. The number of amidine groups is 1. The lowest BCUT2D eigenvalue weighted by atomic mass is 10.2. The van der Waals surface area contributed by atoms with E-state index in [9.17, 15) is 4.79 Å². The highest BCUT2D eigenvalue weighted by molar-refractivity contribution is 9.10. The van der Waals surface area contributed by atoms with Crippen LogP contribution in [-0.2, 0) is 4.79 Å². The third-order valence-electron chi connectivity index (χ3n) is 3.71. The highest BCUT2D eigenvalue weighted by Crippen LogP contribution is 2.38. The summed E-state index contributed by atoms with van der Waals surface area (Å²) in [6, 6.07) is 13.2. The number of amides is 1. The Morgan fingerprint density at radius 1 is 1.36 bits per heavy atom. The Morgan fingerprint density at radius 3 is 2.89 bits per heavy atom. The zero-order valence-electron chi connectivity index (χ0n) is 15.2. The molecule has 0 aliphatic carbocycles. The lowest BCUT2D eigenvalue weighted by Crippen LogP contribution is -2.19. The molecule has 2 aromatic rings. The number of methoxy groups -OCH3 is 1. The summed E-state index contributed by atoms with van der Waals surface area (Å²) in [5.41, 5.74) is 2.64. The first-order chi connectivity index (χ1) is 13.5. The molecule has 0 radical (unpaired) electrons. The van der Waals surface area contributed by atoms with Gasteiger partial charge in [-0.15, -0.1) is 0 Å². The Hall–Kier alpha value is -2.76. The molecule has 1 aliphatic rings. The Bertz CT molecular complexity index is 1030. The number of aryl methyl sites for hydroxylation is 1. The molecule has 142 valence electrons. The molecule has 1 heterocycles. The maximum atomic E-state index is 12.3. The first-order valence-corrected chi connectivity index (χ1v) is 9.84. The van der Waals surface area contributed by atoms with Gasteiger partial charge in [-0.1, -0.05) is 12.1 Å². The number of carbonyl (C=O) groups is 1. The smallest absolute Gasteiger partial charge is 0.264 e. The second-order valence-electron chi connectivity index (χ2n) is 5.80. The van der Waals surface area contributed by atoms with Gasteiger partial charge in [0.15, 0.2) is 23.3 Å². The number of rotatable bonds is 5. The van der Waals surface area contributed by atoms with Gasteiger partial charge < -0.3 is 14.8 Å². The lowest BCUT2D eigenvalue weighted by molar-refractivity contribution is -0.115. The maximum Gasteiger partial charge on any atom is 0.264 e. The number of ether oxygens (including phenoxy) is 2. The van der Waals surface area contributed by atoms with Crippen LogP contribution in [0.15, 0.2) is 50.8 Å². The van der Waals surface area contributed by atoms with Crippen molar-refractivity contribution in [2.75, 3.05) is 13.7 Å². The molecule has 8 heteroatoms. The number of nitriles is 1. The first kappa shape index (κ1) is 20.0. The third-order valence-corrected chi connectivity index (χ3v) is 5.21. The van der Waals surface area contributed by atoms with Gasteiger partial charge in [-0.25, -0.2) is 4.99 Å². The van der Waals surface area contributed by atoms with Gasteiger partial charge in [-0.3, -0.25) is 4.79 Å². The summed E-state index contributed by atoms with van der Waals surface area (Å²) in [7, 11) is 1.52. The summed E-state index contributed by atoms with van der Waals surface area (Å²) in [5, 5.41) is 12.0. The maximum absolute atomic E-state index is 12.3. The minimum Gasteiger partial charge on any atom is -0.493 e. The van der Waals surface area contributed by atoms with Crippen LogP contribution in [-0.4, -0.2) is 24.8 Å². The number of nitrogens with zero attached hydrogens (tertiary/aromatic N) is 2. The molecule has 0 atom stereocenters. The van der Waals surface area contributed by atoms with Crippen LogP contribution in [0.25, 0.3) is 6.08 Å². The van der Waals surface area contributed by atoms with Crippen molar-refractivity contribution >= 4 is 50.5 Å². The van der Waals surface area contributed by atoms with Crippen molar-refractivity contribution in [2.45, 2.75) is 6.92 Å². The third kappa shape index (κ3) is 4.74. The number of nitrogens with one attached hydrogen (secondary N) is 1. The van der Waals surface area contributed by atoms with Gasteiger partial charge >= 0.3 is 0 Å². The molecule has 1 fully saturated rings. The molecule has 28 heavy (non-hydrogen) atoms. The van der Waals surface area contributed by atoms with E-state index in [1.54, 1.807) is 18.2 Å². The van der Waals surface area contributed by atoms with E-state index in [4.69, 9.17) is 14.7 Å². The van der Waals surface area contributed by atoms with Crippen molar-refractivity contribution in [3.05, 3.63) is 56.9 Å². The molecule has 1 N–H and O–H groups in total. The largest absolute Gasteiger partial charge is 0.493 e. The average molecular weight is 458 g/mol. The second-order valence-corrected chi connectivity index (χ2v) is 7.69. The predicted octanol–water partition coefficient (Wildman–Crippen LogP) is 4.56. The Balaban J connectivity index is 1.86. The number of aliphatic imine (C=N–C) groups is 1. The van der Waals surface area contributed by atoms with Crippen LogP contribution in [0.2, 0.25) is 0 Å². The van der Waals surface area contributed by atoms with Crippen molar-refractivity contribution in [2.24, 2.45) is 4.99 Å². The molecule has 1 aliphatic heterocycles. The van der Waals surface area contributed by atoms with Crippen LogP contribution >= 0.6 is 27.7 Å². The summed E-state index contributed by atoms with van der Waals surface area (Å²) in [4.78, 5) is 17.3. The molecule has 0 saturated carbocycles. The standard InChI is InChI=1S/C20H16BrN3O3S/c1-12-4-3-5-14(8-12)23-20-24-19(25)17(28-20)11-13-9-15(21)18(27-7-6-22)16(10-13)26-2/h3-5,8-11H,7H2,1-2H3,(H,23,24,25)/b17-11-. The van der Waals surface area contributed by atoms with Crippen LogP contribution in [0.5, 0.6) is 11.5 Å². The number of thioether (sulfide) groups is 1. The van der Waals surface area contributed by atoms with E-state index in [0.29, 0.717) is 26.0 Å². The summed E-state index contributed by atoms with van der Waals surface area (Å²) in [5.74, 6) is 0.696. The normalized spacial score (nSPS) is 16.1. The lowest BCUT2D eigenvalue weighted by Gasteiger charge is -2.11. The fraction of sp³-hybridized carbons (Fsp3) is 0.150. The van der Waals surface area contributed by atoms with Crippen molar-refractivity contribution in [3.8, 4) is 17.6 Å². The van der Waals surface area contributed by atoms with Crippen molar-refractivity contribution in [3.63, 3.8) is 0 Å². The molecule has 0 bridgehead atoms. The summed E-state index contributed by atoms with van der Waals surface area (Å²) < 4.78 is 11.4. The topological polar surface area (TPSA) is 83.7 Å². The number of hydrogen-bond donors (Lipinski definition) is 1. The zero-order chi connectivity index (χ0) is 20.1. The summed E-state index contributed by atoms with van der Waals surface area (Å²) in [6.07, 6.45) is 1.75. The van der Waals surface area contributed by atoms with E-state index in [0.717, 1.165) is 16.8 Å². The van der Waals surface area contributed by atoms with Crippen LogP contribution in [0.4, 0.5) is 5.69 Å². The molecular weight excluding hydrogens is 442 g/mol. The minimum absolute atomic E-state index is 0.0908. The van der Waals surface area contributed by atoms with Gasteiger partial charge in [-0.2, -0.15) is 5.26 Å². The molecule has 6 nitrogen and oxygen atoms in total. The second kappa shape index (κ2) is 8.95. The summed E-state index contributed by atoms with van der Waals surface area (Å²) >= 11 is 4.69. The van der Waals surface area contributed by atoms with E-state index >= 15 is 0 Å². The molecule has 1 amide bonds. The average Bonchev–Trinajstić information content (AvgIpc) is 2.99. The minimum atomic E-state index is -0.212. The number of carbonyl (C=O) groups excluding carboxylic acids is 1. The number of benzene rings is 2. The highest BCUT2D eigenvalue weighted by Gasteiger charge is 2.24. The molecule has 1 saturated heterocycles. The van der Waals surface area contributed by atoms with E-state index in [1.165, 1.54) is 18.9 Å². The van der Waals surface area contributed by atoms with Crippen LogP contribution in [0, 0.1) is 18.3 Å². The quantitative estimate of drug-likeness (QED) is 0.665. The van der Waals surface area contributed by atoms with Crippen molar-refractivity contribution < 1.29 is 14.3 Å². The van der Waals surface area contributed by atoms with Gasteiger partial charge in [0.25, 0.3) is 5.91 Å². The van der Waals surface area contributed by atoms with Crippen LogP contribution in [0.3, 0.4) is 0 Å². The molecule has 0 unspecified atom stereocenters. The molecule has 0 aromatic heterocycles. The van der Waals surface area contributed by atoms with Gasteiger partial charge in [0, 0.05) is 0 Å². The van der Waals surface area contributed by atoms with Crippen molar-refractivity contribution in [1.29, 1.82) is 5.26 Å². The Labute approximate surface area is 175 Å². The van der Waals surface area contributed by atoms with E-state index in [1.807, 2.05) is 37.3 Å². The van der Waals surface area contributed by atoms with Gasteiger partial charge in [0.05, 0.1) is 22.2 Å². The number of halogens is 1. The fourth-order valence-corrected chi connectivity index (χ4v) is 3.93. The first-order valence-electron chi connectivity index (χ1n) is 8.23. The van der Waals surface area contributed by atoms with Gasteiger partial charge in [-0.05, 0) is 76.1 Å².